The summed E-state index contributed by atoms with van der Waals surface area (Å²) >= 11 is 1.22. The third-order valence-electron chi connectivity index (χ3n) is 4.03. The molecule has 3 heterocycles. The lowest BCUT2D eigenvalue weighted by atomic mass is 9.94. The second-order valence-electron chi connectivity index (χ2n) is 5.93. The number of nitrogens with one attached hydrogen (secondary N) is 1. The molecule has 0 bridgehead atoms. The van der Waals surface area contributed by atoms with E-state index in [9.17, 15) is 4.79 Å². The summed E-state index contributed by atoms with van der Waals surface area (Å²) in [4.78, 5) is 26.0. The van der Waals surface area contributed by atoms with Crippen molar-refractivity contribution in [3.8, 4) is 6.07 Å². The number of carboxylic acids is 1. The molecule has 130 valence electrons. The van der Waals surface area contributed by atoms with Gasteiger partial charge in [0.15, 0.2) is 10.8 Å². The third kappa shape index (κ3) is 4.29. The minimum Gasteiger partial charge on any atom is -0.476 e. The number of hydrogen-bond donors (Lipinski definition) is 2. The summed E-state index contributed by atoms with van der Waals surface area (Å²) < 4.78 is 0. The van der Waals surface area contributed by atoms with E-state index in [0.29, 0.717) is 23.3 Å². The summed E-state index contributed by atoms with van der Waals surface area (Å²) in [5.41, 5.74) is 0.950. The minimum absolute atomic E-state index is 0.0120. The Kier molecular flexibility index (Phi) is 5.21. The van der Waals surface area contributed by atoms with Crippen molar-refractivity contribution in [1.82, 2.24) is 19.9 Å². The van der Waals surface area contributed by atoms with E-state index in [-0.39, 0.29) is 11.6 Å². The van der Waals surface area contributed by atoms with Crippen LogP contribution in [0.1, 0.15) is 40.8 Å². The fourth-order valence-electron chi connectivity index (χ4n) is 2.94. The Balaban J connectivity index is 1.78. The van der Waals surface area contributed by atoms with Gasteiger partial charge in [-0.1, -0.05) is 0 Å². The van der Waals surface area contributed by atoms with Crippen LogP contribution in [0.5, 0.6) is 0 Å². The van der Waals surface area contributed by atoms with E-state index >= 15 is 0 Å². The average Bonchev–Trinajstić information content (AvgIpc) is 3.04. The molecule has 0 amide bonds. The maximum absolute atomic E-state index is 10.9. The van der Waals surface area contributed by atoms with Gasteiger partial charge in [0.05, 0.1) is 18.3 Å². The second-order valence-corrected chi connectivity index (χ2v) is 6.78. The van der Waals surface area contributed by atoms with Crippen LogP contribution in [0.15, 0.2) is 11.4 Å². The minimum atomic E-state index is -1.05. The van der Waals surface area contributed by atoms with Crippen molar-refractivity contribution in [2.75, 3.05) is 25.0 Å². The Morgan fingerprint density at radius 1 is 1.52 bits per heavy atom. The number of thiazole rings is 1. The summed E-state index contributed by atoms with van der Waals surface area (Å²) in [6.45, 7) is 4.01. The van der Waals surface area contributed by atoms with Gasteiger partial charge in [-0.2, -0.15) is 5.26 Å². The maximum Gasteiger partial charge on any atom is 0.355 e. The first-order valence-corrected chi connectivity index (χ1v) is 8.84. The predicted octanol–water partition coefficient (Wildman–Crippen LogP) is 2.39. The Morgan fingerprint density at radius 3 is 3.08 bits per heavy atom. The summed E-state index contributed by atoms with van der Waals surface area (Å²) in [5.74, 6) is 0.456. The molecule has 3 rings (SSSR count). The van der Waals surface area contributed by atoms with Crippen molar-refractivity contribution in [3.63, 3.8) is 0 Å². The van der Waals surface area contributed by atoms with E-state index < -0.39 is 5.97 Å². The van der Waals surface area contributed by atoms with Gasteiger partial charge >= 0.3 is 5.97 Å². The second kappa shape index (κ2) is 7.55. The molecule has 25 heavy (non-hydrogen) atoms. The molecule has 0 aliphatic carbocycles. The third-order valence-corrected chi connectivity index (χ3v) is 4.79. The van der Waals surface area contributed by atoms with Gasteiger partial charge < -0.3 is 10.4 Å². The quantitative estimate of drug-likeness (QED) is 0.783. The number of anilines is 2. The van der Waals surface area contributed by atoms with Crippen LogP contribution in [-0.2, 0) is 0 Å². The van der Waals surface area contributed by atoms with E-state index in [1.54, 1.807) is 0 Å². The Labute approximate surface area is 149 Å². The molecular formula is C16H18N6O2S. The summed E-state index contributed by atoms with van der Waals surface area (Å²) in [6, 6.07) is 4.09. The molecule has 2 aromatic heterocycles. The highest BCUT2D eigenvalue weighted by atomic mass is 32.1. The molecule has 0 radical (unpaired) electrons. The van der Waals surface area contributed by atoms with Crippen LogP contribution in [0.4, 0.5) is 10.9 Å². The first-order valence-electron chi connectivity index (χ1n) is 7.96. The summed E-state index contributed by atoms with van der Waals surface area (Å²) in [6.07, 6.45) is 2.06. The number of likely N-dealkylation sites (tertiary alicyclic amines) is 1. The van der Waals surface area contributed by atoms with Crippen molar-refractivity contribution < 1.29 is 9.90 Å². The molecule has 1 aliphatic rings. The predicted molar refractivity (Wildman–Crippen MR) is 93.2 cm³/mol. The van der Waals surface area contributed by atoms with E-state index in [1.165, 1.54) is 16.7 Å². The molecule has 1 atom stereocenters. The van der Waals surface area contributed by atoms with Crippen molar-refractivity contribution in [2.24, 2.45) is 0 Å². The summed E-state index contributed by atoms with van der Waals surface area (Å²) in [5, 5.41) is 22.9. The number of aryl methyl sites for hydroxylation is 1. The number of aromatic nitrogens is 3. The molecule has 1 aliphatic heterocycles. The first-order chi connectivity index (χ1) is 12.0. The Hall–Kier alpha value is -2.57. The van der Waals surface area contributed by atoms with Gasteiger partial charge in [-0.25, -0.2) is 19.7 Å². The first kappa shape index (κ1) is 17.3. The van der Waals surface area contributed by atoms with Crippen LogP contribution in [0.25, 0.3) is 0 Å². The molecule has 9 heteroatoms. The highest BCUT2D eigenvalue weighted by Crippen LogP contribution is 2.28. The van der Waals surface area contributed by atoms with Crippen LogP contribution >= 0.6 is 11.3 Å². The highest BCUT2D eigenvalue weighted by Gasteiger charge is 2.23. The maximum atomic E-state index is 10.9. The van der Waals surface area contributed by atoms with Crippen molar-refractivity contribution in [3.05, 3.63) is 28.7 Å². The number of carboxylic acid groups (broad SMARTS) is 1. The summed E-state index contributed by atoms with van der Waals surface area (Å²) in [7, 11) is 0. The molecule has 1 saturated heterocycles. The average molecular weight is 358 g/mol. The number of carbonyl (C=O) groups is 1. The number of piperidine rings is 1. The van der Waals surface area contributed by atoms with Gasteiger partial charge in [0, 0.05) is 23.9 Å². The van der Waals surface area contributed by atoms with E-state index in [1.807, 2.05) is 13.0 Å². The smallest absolute Gasteiger partial charge is 0.355 e. The van der Waals surface area contributed by atoms with Gasteiger partial charge in [0.2, 0.25) is 0 Å². The van der Waals surface area contributed by atoms with Gasteiger partial charge in [-0.05, 0) is 26.3 Å². The van der Waals surface area contributed by atoms with Crippen LogP contribution in [0.2, 0.25) is 0 Å². The number of nitriles is 1. The Morgan fingerprint density at radius 2 is 2.36 bits per heavy atom. The van der Waals surface area contributed by atoms with Gasteiger partial charge in [0.1, 0.15) is 11.6 Å². The Bertz CT molecular complexity index is 815. The van der Waals surface area contributed by atoms with Crippen molar-refractivity contribution in [1.29, 1.82) is 5.26 Å². The van der Waals surface area contributed by atoms with Gasteiger partial charge in [-0.3, -0.25) is 4.90 Å². The zero-order chi connectivity index (χ0) is 17.8. The fourth-order valence-corrected chi connectivity index (χ4v) is 3.63. The van der Waals surface area contributed by atoms with Crippen LogP contribution in [0.3, 0.4) is 0 Å². The number of nitrogens with zero attached hydrogens (tertiary/aromatic N) is 5. The van der Waals surface area contributed by atoms with Gasteiger partial charge in [0.25, 0.3) is 0 Å². The fraction of sp³-hybridized carbons (Fsp3) is 0.438. The molecule has 0 aromatic carbocycles. The SMILES string of the molecule is Cc1nc(Nc2nc(C(=O)O)cs2)cc([C@H]2CCCN(CC#N)C2)n1. The van der Waals surface area contributed by atoms with Crippen LogP contribution < -0.4 is 5.32 Å². The largest absolute Gasteiger partial charge is 0.476 e. The normalized spacial score (nSPS) is 17.8. The van der Waals surface area contributed by atoms with E-state index in [0.717, 1.165) is 31.6 Å². The lowest BCUT2D eigenvalue weighted by Crippen LogP contribution is -2.35. The van der Waals surface area contributed by atoms with Crippen molar-refractivity contribution >= 4 is 28.3 Å². The lowest BCUT2D eigenvalue weighted by molar-refractivity contribution is 0.0691. The number of hydrogen-bond acceptors (Lipinski definition) is 8. The molecular weight excluding hydrogens is 340 g/mol. The zero-order valence-electron chi connectivity index (χ0n) is 13.8. The van der Waals surface area contributed by atoms with Gasteiger partial charge in [-0.15, -0.1) is 11.3 Å². The monoisotopic (exact) mass is 358 g/mol. The van der Waals surface area contributed by atoms with Crippen LogP contribution in [0, 0.1) is 18.3 Å². The number of aromatic carboxylic acids is 1. The standard InChI is InChI=1S/C16H18N6O2S/c1-10-18-12(11-3-2-5-22(8-11)6-4-17)7-14(19-10)21-16-20-13(9-25-16)15(23)24/h7,9,11H,2-3,5-6,8H2,1H3,(H,23,24)(H,18,19,20,21)/t11-/m0/s1. The molecule has 0 spiro atoms. The van der Waals surface area contributed by atoms with Crippen molar-refractivity contribution in [2.45, 2.75) is 25.7 Å². The lowest BCUT2D eigenvalue weighted by Gasteiger charge is -2.30. The molecule has 2 N–H and O–H groups in total. The molecule has 2 aromatic rings. The van der Waals surface area contributed by atoms with E-state index in [4.69, 9.17) is 10.4 Å². The molecule has 8 nitrogen and oxygen atoms in total. The van der Waals surface area contributed by atoms with E-state index in [2.05, 4.69) is 31.2 Å². The molecule has 1 fully saturated rings. The van der Waals surface area contributed by atoms with Crippen LogP contribution in [-0.4, -0.2) is 50.6 Å². The topological polar surface area (TPSA) is 115 Å². The zero-order valence-corrected chi connectivity index (χ0v) is 14.6. The number of rotatable bonds is 5. The molecule has 0 saturated carbocycles. The highest BCUT2D eigenvalue weighted by molar-refractivity contribution is 7.14. The molecule has 0 unspecified atom stereocenters.